The van der Waals surface area contributed by atoms with Crippen molar-refractivity contribution in [3.05, 3.63) is 57.9 Å². The van der Waals surface area contributed by atoms with Crippen molar-refractivity contribution >= 4 is 37.6 Å². The number of aliphatic hydroxyl groups is 1. The van der Waals surface area contributed by atoms with Crippen molar-refractivity contribution in [2.24, 2.45) is 0 Å². The first kappa shape index (κ1) is 20.9. The topological polar surface area (TPSA) is 95.1 Å². The molecule has 0 saturated heterocycles. The normalized spacial score (nSPS) is 11.7. The van der Waals surface area contributed by atoms with Crippen molar-refractivity contribution in [3.63, 3.8) is 0 Å². The van der Waals surface area contributed by atoms with Crippen LogP contribution in [-0.4, -0.2) is 36.6 Å². The number of benzene rings is 2. The van der Waals surface area contributed by atoms with Gasteiger partial charge in [-0.05, 0) is 52.7 Å². The molecule has 0 aliphatic rings. The molecule has 0 fully saturated rings. The zero-order valence-electron chi connectivity index (χ0n) is 14.4. The van der Waals surface area contributed by atoms with E-state index in [1.165, 1.54) is 18.2 Å². The first-order valence-electron chi connectivity index (χ1n) is 8.23. The highest BCUT2D eigenvalue weighted by Crippen LogP contribution is 2.29. The van der Waals surface area contributed by atoms with E-state index in [2.05, 4.69) is 30.6 Å². The number of aliphatic hydroxyl groups excluding tert-OH is 1. The van der Waals surface area contributed by atoms with Gasteiger partial charge in [-0.15, -0.1) is 0 Å². The lowest BCUT2D eigenvalue weighted by molar-refractivity contribution is 0.289. The lowest BCUT2D eigenvalue weighted by atomic mass is 10.2. The van der Waals surface area contributed by atoms with Crippen LogP contribution in [0, 0.1) is 5.82 Å². The van der Waals surface area contributed by atoms with E-state index in [1.807, 2.05) is 0 Å². The SMILES string of the molecule is O=S(=O)(NCCCO)c1cc(-c2nc(-c3ccc(Br)c(F)c3)c[nH]2)ccc1Cl. The lowest BCUT2D eigenvalue weighted by Gasteiger charge is -2.09. The molecule has 148 valence electrons. The maximum Gasteiger partial charge on any atom is 0.242 e. The Labute approximate surface area is 175 Å². The number of aromatic amines is 1. The molecule has 6 nitrogen and oxygen atoms in total. The van der Waals surface area contributed by atoms with Crippen LogP contribution in [0.5, 0.6) is 0 Å². The number of hydrogen-bond acceptors (Lipinski definition) is 4. The van der Waals surface area contributed by atoms with Gasteiger partial charge in [0.15, 0.2) is 0 Å². The van der Waals surface area contributed by atoms with Gasteiger partial charge >= 0.3 is 0 Å². The summed E-state index contributed by atoms with van der Waals surface area (Å²) in [5.41, 5.74) is 1.60. The maximum atomic E-state index is 13.8. The van der Waals surface area contributed by atoms with Crippen molar-refractivity contribution in [3.8, 4) is 22.6 Å². The molecule has 1 aromatic heterocycles. The molecule has 2 aromatic carbocycles. The van der Waals surface area contributed by atoms with Gasteiger partial charge in [0.25, 0.3) is 0 Å². The minimum atomic E-state index is -3.84. The molecule has 28 heavy (non-hydrogen) atoms. The highest BCUT2D eigenvalue weighted by Gasteiger charge is 2.19. The van der Waals surface area contributed by atoms with Crippen LogP contribution >= 0.6 is 27.5 Å². The van der Waals surface area contributed by atoms with E-state index < -0.39 is 15.8 Å². The number of imidazole rings is 1. The summed E-state index contributed by atoms with van der Waals surface area (Å²) in [6.45, 7) is -0.0263. The fraction of sp³-hybridized carbons (Fsp3) is 0.167. The van der Waals surface area contributed by atoms with E-state index in [-0.39, 0.29) is 23.1 Å². The molecule has 0 unspecified atom stereocenters. The monoisotopic (exact) mass is 487 g/mol. The second-order valence-corrected chi connectivity index (χ2v) is 8.88. The highest BCUT2D eigenvalue weighted by atomic mass is 79.9. The number of sulfonamides is 1. The summed E-state index contributed by atoms with van der Waals surface area (Å²) in [6.07, 6.45) is 1.90. The van der Waals surface area contributed by atoms with E-state index in [0.29, 0.717) is 33.5 Å². The van der Waals surface area contributed by atoms with Crippen LogP contribution in [0.25, 0.3) is 22.6 Å². The summed E-state index contributed by atoms with van der Waals surface area (Å²) < 4.78 is 41.4. The third-order valence-electron chi connectivity index (χ3n) is 3.91. The van der Waals surface area contributed by atoms with Crippen molar-refractivity contribution in [2.45, 2.75) is 11.3 Å². The number of aromatic nitrogens is 2. The van der Waals surface area contributed by atoms with Crippen LogP contribution < -0.4 is 4.72 Å². The number of H-pyrrole nitrogens is 1. The number of hydrogen-bond donors (Lipinski definition) is 3. The first-order chi connectivity index (χ1) is 13.3. The Kier molecular flexibility index (Phi) is 6.51. The number of nitrogens with zero attached hydrogens (tertiary/aromatic N) is 1. The second kappa shape index (κ2) is 8.71. The van der Waals surface area contributed by atoms with Gasteiger partial charge in [-0.25, -0.2) is 22.5 Å². The highest BCUT2D eigenvalue weighted by molar-refractivity contribution is 9.10. The molecular weight excluding hydrogens is 473 g/mol. The fourth-order valence-electron chi connectivity index (χ4n) is 2.49. The predicted octanol–water partition coefficient (Wildman–Crippen LogP) is 3.96. The van der Waals surface area contributed by atoms with E-state index >= 15 is 0 Å². The molecule has 10 heteroatoms. The van der Waals surface area contributed by atoms with Gasteiger partial charge in [-0.2, -0.15) is 0 Å². The Morgan fingerprint density at radius 2 is 1.96 bits per heavy atom. The van der Waals surface area contributed by atoms with Crippen molar-refractivity contribution < 1.29 is 17.9 Å². The molecule has 3 rings (SSSR count). The fourth-order valence-corrected chi connectivity index (χ4v) is 4.34. The first-order valence-corrected chi connectivity index (χ1v) is 10.9. The van der Waals surface area contributed by atoms with Gasteiger partial charge in [-0.1, -0.05) is 17.7 Å². The van der Waals surface area contributed by atoms with Crippen molar-refractivity contribution in [1.29, 1.82) is 0 Å². The summed E-state index contributed by atoms with van der Waals surface area (Å²) in [7, 11) is -3.84. The molecule has 0 spiro atoms. The molecule has 0 bridgehead atoms. The van der Waals surface area contributed by atoms with Crippen LogP contribution in [0.1, 0.15) is 6.42 Å². The second-order valence-electron chi connectivity index (χ2n) is 5.88. The smallest absolute Gasteiger partial charge is 0.242 e. The quantitative estimate of drug-likeness (QED) is 0.439. The van der Waals surface area contributed by atoms with Gasteiger partial charge in [0.2, 0.25) is 10.0 Å². The zero-order valence-corrected chi connectivity index (χ0v) is 17.6. The van der Waals surface area contributed by atoms with E-state index in [1.54, 1.807) is 24.4 Å². The van der Waals surface area contributed by atoms with E-state index in [9.17, 15) is 12.8 Å². The molecule has 0 aliphatic carbocycles. The standard InChI is InChI=1S/C18H16BrClFN3O3S/c19-13-4-2-11(8-15(13)21)16-10-22-18(24-16)12-3-5-14(20)17(9-12)28(26,27)23-6-1-7-25/h2-5,8-10,23,25H,1,6-7H2,(H,22,24). The average molecular weight is 489 g/mol. The van der Waals surface area contributed by atoms with Gasteiger partial charge in [-0.3, -0.25) is 0 Å². The Bertz CT molecular complexity index is 1110. The molecule has 0 aliphatic heterocycles. The van der Waals surface area contributed by atoms with Crippen LogP contribution in [0.4, 0.5) is 4.39 Å². The third-order valence-corrected chi connectivity index (χ3v) is 6.50. The van der Waals surface area contributed by atoms with Crippen LogP contribution in [-0.2, 0) is 10.0 Å². The lowest BCUT2D eigenvalue weighted by Crippen LogP contribution is -2.25. The molecule has 0 amide bonds. The van der Waals surface area contributed by atoms with Gasteiger partial charge in [0.05, 0.1) is 15.2 Å². The number of halogens is 3. The van der Waals surface area contributed by atoms with Gasteiger partial charge < -0.3 is 10.1 Å². The summed E-state index contributed by atoms with van der Waals surface area (Å²) in [5, 5.41) is 8.88. The van der Waals surface area contributed by atoms with Crippen LogP contribution in [0.2, 0.25) is 5.02 Å². The molecule has 3 N–H and O–H groups in total. The number of rotatable bonds is 7. The Balaban J connectivity index is 1.93. The Morgan fingerprint density at radius 3 is 2.68 bits per heavy atom. The molecule has 0 radical (unpaired) electrons. The van der Waals surface area contributed by atoms with Gasteiger partial charge in [0.1, 0.15) is 16.5 Å². The molecule has 3 aromatic rings. The molecule has 0 atom stereocenters. The summed E-state index contributed by atoms with van der Waals surface area (Å²) in [6, 6.07) is 9.18. The van der Waals surface area contributed by atoms with E-state index in [0.717, 1.165) is 0 Å². The van der Waals surface area contributed by atoms with E-state index in [4.69, 9.17) is 16.7 Å². The Morgan fingerprint density at radius 1 is 1.21 bits per heavy atom. The van der Waals surface area contributed by atoms with Crippen LogP contribution in [0.3, 0.4) is 0 Å². The average Bonchev–Trinajstić information content (AvgIpc) is 3.14. The minimum absolute atomic E-state index is 0.0713. The van der Waals surface area contributed by atoms with Crippen molar-refractivity contribution in [1.82, 2.24) is 14.7 Å². The summed E-state index contributed by atoms with van der Waals surface area (Å²) >= 11 is 9.18. The zero-order chi connectivity index (χ0) is 20.3. The molecular formula is C18H16BrClFN3O3S. The largest absolute Gasteiger partial charge is 0.396 e. The van der Waals surface area contributed by atoms with Crippen LogP contribution in [0.15, 0.2) is 52.0 Å². The third kappa shape index (κ3) is 4.61. The summed E-state index contributed by atoms with van der Waals surface area (Å²) in [4.78, 5) is 7.30. The number of nitrogens with one attached hydrogen (secondary N) is 2. The van der Waals surface area contributed by atoms with Gasteiger partial charge in [0, 0.05) is 30.5 Å². The van der Waals surface area contributed by atoms with Crippen molar-refractivity contribution in [2.75, 3.05) is 13.2 Å². The maximum absolute atomic E-state index is 13.8. The minimum Gasteiger partial charge on any atom is -0.396 e. The Hall–Kier alpha value is -1.78. The summed E-state index contributed by atoms with van der Waals surface area (Å²) in [5.74, 6) is 0.0117. The predicted molar refractivity (Wildman–Crippen MR) is 109 cm³/mol. The molecule has 0 saturated carbocycles. The molecule has 1 heterocycles.